The monoisotopic (exact) mass is 228 g/mol. The van der Waals surface area contributed by atoms with Gasteiger partial charge in [0.25, 0.3) is 0 Å². The second-order valence-corrected chi connectivity index (χ2v) is 6.41. The summed E-state index contributed by atoms with van der Waals surface area (Å²) in [6, 6.07) is 0.0673. The number of hydrogen-bond donors (Lipinski definition) is 1. The maximum atomic E-state index is 12.1. The number of hydrogen-bond acceptors (Lipinski definition) is 3. The van der Waals surface area contributed by atoms with Crippen molar-refractivity contribution >= 4 is 17.7 Å². The first-order chi connectivity index (χ1) is 7.08. The van der Waals surface area contributed by atoms with E-state index < -0.39 is 0 Å². The van der Waals surface area contributed by atoms with E-state index in [0.29, 0.717) is 11.3 Å². The predicted octanol–water partition coefficient (Wildman–Crippen LogP) is 0.950. The molecule has 1 atom stereocenters. The van der Waals surface area contributed by atoms with Crippen LogP contribution in [-0.2, 0) is 4.79 Å². The molecule has 2 aliphatic heterocycles. The lowest BCUT2D eigenvalue weighted by Gasteiger charge is -2.27. The number of carbonyl (C=O) groups excluding carboxylic acids is 1. The molecule has 2 fully saturated rings. The van der Waals surface area contributed by atoms with Gasteiger partial charge in [-0.2, -0.15) is 11.8 Å². The standard InChI is InChI=1S/C11H20N2OS/c1-11(2)3-5-13(8-11)10(14)9-7-15-6-4-12-9/h9,12H,3-8H2,1-2H3. The van der Waals surface area contributed by atoms with Crippen LogP contribution in [0.5, 0.6) is 0 Å². The summed E-state index contributed by atoms with van der Waals surface area (Å²) in [4.78, 5) is 14.2. The van der Waals surface area contributed by atoms with Crippen molar-refractivity contribution < 1.29 is 4.79 Å². The van der Waals surface area contributed by atoms with Crippen LogP contribution in [0.25, 0.3) is 0 Å². The van der Waals surface area contributed by atoms with Gasteiger partial charge in [-0.05, 0) is 11.8 Å². The van der Waals surface area contributed by atoms with Gasteiger partial charge >= 0.3 is 0 Å². The van der Waals surface area contributed by atoms with Gasteiger partial charge in [0, 0.05) is 31.1 Å². The molecule has 2 heterocycles. The lowest BCUT2D eigenvalue weighted by atomic mass is 9.93. The molecule has 3 nitrogen and oxygen atoms in total. The Morgan fingerprint density at radius 2 is 2.33 bits per heavy atom. The molecule has 0 aromatic rings. The molecule has 2 aliphatic rings. The van der Waals surface area contributed by atoms with Crippen molar-refractivity contribution in [1.29, 1.82) is 0 Å². The van der Waals surface area contributed by atoms with Crippen molar-refractivity contribution in [2.45, 2.75) is 26.3 Å². The van der Waals surface area contributed by atoms with Crippen LogP contribution >= 0.6 is 11.8 Å². The van der Waals surface area contributed by atoms with Gasteiger partial charge in [0.05, 0.1) is 6.04 Å². The number of thioether (sulfide) groups is 1. The molecule has 4 heteroatoms. The summed E-state index contributed by atoms with van der Waals surface area (Å²) in [6.45, 7) is 7.31. The SMILES string of the molecule is CC1(C)CCN(C(=O)C2CSCCN2)C1. The third kappa shape index (κ3) is 2.67. The Hall–Kier alpha value is -0.220. The molecule has 0 saturated carbocycles. The fraction of sp³-hybridized carbons (Fsp3) is 0.909. The number of likely N-dealkylation sites (tertiary alicyclic amines) is 1. The molecule has 1 unspecified atom stereocenters. The summed E-state index contributed by atoms with van der Waals surface area (Å²) in [7, 11) is 0. The summed E-state index contributed by atoms with van der Waals surface area (Å²) in [5.74, 6) is 2.39. The van der Waals surface area contributed by atoms with Gasteiger partial charge in [0.1, 0.15) is 0 Å². The topological polar surface area (TPSA) is 32.3 Å². The Morgan fingerprint density at radius 3 is 2.87 bits per heavy atom. The highest BCUT2D eigenvalue weighted by Gasteiger charge is 2.35. The Morgan fingerprint density at radius 1 is 1.53 bits per heavy atom. The van der Waals surface area contributed by atoms with Gasteiger partial charge in [0.2, 0.25) is 5.91 Å². The maximum absolute atomic E-state index is 12.1. The van der Waals surface area contributed by atoms with Gasteiger partial charge in [-0.25, -0.2) is 0 Å². The Balaban J connectivity index is 1.90. The van der Waals surface area contributed by atoms with Crippen LogP contribution in [0.4, 0.5) is 0 Å². The van der Waals surface area contributed by atoms with Crippen molar-refractivity contribution in [3.05, 3.63) is 0 Å². The molecular formula is C11H20N2OS. The Kier molecular flexibility index (Phi) is 3.26. The molecule has 2 saturated heterocycles. The molecule has 1 N–H and O–H groups in total. The van der Waals surface area contributed by atoms with Crippen LogP contribution in [0.2, 0.25) is 0 Å². The summed E-state index contributed by atoms with van der Waals surface area (Å²) in [5.41, 5.74) is 0.317. The van der Waals surface area contributed by atoms with Crippen molar-refractivity contribution in [3.8, 4) is 0 Å². The fourth-order valence-electron chi connectivity index (χ4n) is 2.24. The second-order valence-electron chi connectivity index (χ2n) is 5.26. The smallest absolute Gasteiger partial charge is 0.240 e. The largest absolute Gasteiger partial charge is 0.341 e. The summed E-state index contributed by atoms with van der Waals surface area (Å²) in [5, 5.41) is 3.31. The highest BCUT2D eigenvalue weighted by molar-refractivity contribution is 7.99. The quantitative estimate of drug-likeness (QED) is 0.725. The van der Waals surface area contributed by atoms with E-state index in [9.17, 15) is 4.79 Å². The minimum absolute atomic E-state index is 0.0673. The first kappa shape index (κ1) is 11.3. The third-order valence-electron chi connectivity index (χ3n) is 3.21. The Labute approximate surface area is 96.0 Å². The van der Waals surface area contributed by atoms with Gasteiger partial charge in [-0.15, -0.1) is 0 Å². The molecule has 0 aromatic heterocycles. The lowest BCUT2D eigenvalue weighted by molar-refractivity contribution is -0.132. The number of amides is 1. The normalized spacial score (nSPS) is 30.5. The fourth-order valence-corrected chi connectivity index (χ4v) is 3.17. The van der Waals surface area contributed by atoms with Gasteiger partial charge in [-0.1, -0.05) is 13.8 Å². The average Bonchev–Trinajstić information content (AvgIpc) is 2.59. The zero-order valence-corrected chi connectivity index (χ0v) is 10.4. The van der Waals surface area contributed by atoms with E-state index in [1.54, 1.807) is 0 Å². The van der Waals surface area contributed by atoms with E-state index in [0.717, 1.165) is 37.6 Å². The van der Waals surface area contributed by atoms with Crippen molar-refractivity contribution in [2.24, 2.45) is 5.41 Å². The molecule has 0 aromatic carbocycles. The summed E-state index contributed by atoms with van der Waals surface area (Å²) >= 11 is 1.88. The molecule has 1 amide bonds. The molecular weight excluding hydrogens is 208 g/mol. The van der Waals surface area contributed by atoms with Gasteiger partial charge in [-0.3, -0.25) is 4.79 Å². The van der Waals surface area contributed by atoms with Gasteiger partial charge in [0.15, 0.2) is 0 Å². The van der Waals surface area contributed by atoms with E-state index >= 15 is 0 Å². The summed E-state index contributed by atoms with van der Waals surface area (Å²) < 4.78 is 0. The van der Waals surface area contributed by atoms with E-state index in [1.165, 1.54) is 0 Å². The number of carbonyl (C=O) groups is 1. The maximum Gasteiger partial charge on any atom is 0.240 e. The zero-order valence-electron chi connectivity index (χ0n) is 9.58. The van der Waals surface area contributed by atoms with Crippen LogP contribution in [0.3, 0.4) is 0 Å². The number of rotatable bonds is 1. The third-order valence-corrected chi connectivity index (χ3v) is 4.27. The first-order valence-corrected chi connectivity index (χ1v) is 6.84. The van der Waals surface area contributed by atoms with Crippen molar-refractivity contribution in [2.75, 3.05) is 31.1 Å². The van der Waals surface area contributed by atoms with E-state index in [4.69, 9.17) is 0 Å². The molecule has 0 radical (unpaired) electrons. The number of nitrogens with one attached hydrogen (secondary N) is 1. The van der Waals surface area contributed by atoms with Gasteiger partial charge < -0.3 is 10.2 Å². The average molecular weight is 228 g/mol. The van der Waals surface area contributed by atoms with E-state index in [1.807, 2.05) is 16.7 Å². The second kappa shape index (κ2) is 4.34. The van der Waals surface area contributed by atoms with Crippen LogP contribution in [0.15, 0.2) is 0 Å². The van der Waals surface area contributed by atoms with Crippen LogP contribution < -0.4 is 5.32 Å². The molecule has 0 spiro atoms. The van der Waals surface area contributed by atoms with Crippen LogP contribution in [0, 0.1) is 5.41 Å². The molecule has 0 bridgehead atoms. The van der Waals surface area contributed by atoms with Crippen LogP contribution in [0.1, 0.15) is 20.3 Å². The number of nitrogens with zero attached hydrogens (tertiary/aromatic N) is 1. The summed E-state index contributed by atoms with van der Waals surface area (Å²) in [6.07, 6.45) is 1.14. The Bertz CT molecular complexity index is 249. The molecule has 2 rings (SSSR count). The molecule has 15 heavy (non-hydrogen) atoms. The highest BCUT2D eigenvalue weighted by atomic mass is 32.2. The highest BCUT2D eigenvalue weighted by Crippen LogP contribution is 2.29. The predicted molar refractivity (Wildman–Crippen MR) is 64.1 cm³/mol. The zero-order chi connectivity index (χ0) is 10.9. The first-order valence-electron chi connectivity index (χ1n) is 5.68. The minimum Gasteiger partial charge on any atom is -0.341 e. The molecule has 0 aliphatic carbocycles. The minimum atomic E-state index is 0.0673. The molecule has 86 valence electrons. The van der Waals surface area contributed by atoms with E-state index in [-0.39, 0.29) is 6.04 Å². The van der Waals surface area contributed by atoms with Crippen molar-refractivity contribution in [3.63, 3.8) is 0 Å². The van der Waals surface area contributed by atoms with E-state index in [2.05, 4.69) is 19.2 Å². The van der Waals surface area contributed by atoms with Crippen LogP contribution in [-0.4, -0.2) is 48.0 Å². The lowest BCUT2D eigenvalue weighted by Crippen LogP contribution is -2.50. The van der Waals surface area contributed by atoms with Crippen molar-refractivity contribution in [1.82, 2.24) is 10.2 Å².